The van der Waals surface area contributed by atoms with Gasteiger partial charge >= 0.3 is 0 Å². The highest BCUT2D eigenvalue weighted by molar-refractivity contribution is 5.76. The molecule has 0 saturated carbocycles. The molecule has 0 unspecified atom stereocenters. The number of hydrogen-bond acceptors (Lipinski definition) is 1. The molecule has 0 aliphatic rings. The summed E-state index contributed by atoms with van der Waals surface area (Å²) in [6.45, 7) is 0. The highest BCUT2D eigenvalue weighted by Crippen LogP contribution is 2.26. The van der Waals surface area contributed by atoms with Crippen LogP contribution in [-0.4, -0.2) is 4.57 Å². The van der Waals surface area contributed by atoms with Gasteiger partial charge in [0.05, 0.1) is 0 Å². The zero-order valence-electron chi connectivity index (χ0n) is 9.95. The van der Waals surface area contributed by atoms with Crippen LogP contribution in [0.4, 0.5) is 5.69 Å². The molecule has 0 aliphatic carbocycles. The Balaban J connectivity index is 1.99. The predicted octanol–water partition coefficient (Wildman–Crippen LogP) is 3.73. The SMILES string of the molecule is Nc1ccccc1-c1ccc(-n2cccc2)cc1. The zero-order valence-corrected chi connectivity index (χ0v) is 9.95. The molecule has 2 N–H and O–H groups in total. The maximum absolute atomic E-state index is 5.98. The summed E-state index contributed by atoms with van der Waals surface area (Å²) in [4.78, 5) is 0. The molecule has 0 atom stereocenters. The van der Waals surface area contributed by atoms with Crippen LogP contribution in [0.2, 0.25) is 0 Å². The molecule has 2 heteroatoms. The minimum Gasteiger partial charge on any atom is -0.398 e. The monoisotopic (exact) mass is 234 g/mol. The first-order valence-corrected chi connectivity index (χ1v) is 5.93. The number of nitrogen functional groups attached to an aromatic ring is 1. The van der Waals surface area contributed by atoms with E-state index in [1.807, 2.05) is 48.8 Å². The van der Waals surface area contributed by atoms with Crippen molar-refractivity contribution in [1.82, 2.24) is 4.57 Å². The first-order valence-electron chi connectivity index (χ1n) is 5.93. The van der Waals surface area contributed by atoms with Gasteiger partial charge in [0, 0.05) is 29.3 Å². The van der Waals surface area contributed by atoms with E-state index in [0.717, 1.165) is 22.5 Å². The molecule has 18 heavy (non-hydrogen) atoms. The van der Waals surface area contributed by atoms with Gasteiger partial charge in [0.1, 0.15) is 0 Å². The van der Waals surface area contributed by atoms with Gasteiger partial charge < -0.3 is 10.3 Å². The standard InChI is InChI=1S/C16H14N2/c17-16-6-2-1-5-15(16)13-7-9-14(10-8-13)18-11-3-4-12-18/h1-12H,17H2. The highest BCUT2D eigenvalue weighted by Gasteiger charge is 2.01. The van der Waals surface area contributed by atoms with E-state index in [4.69, 9.17) is 5.73 Å². The summed E-state index contributed by atoms with van der Waals surface area (Å²) in [5, 5.41) is 0. The van der Waals surface area contributed by atoms with Crippen LogP contribution >= 0.6 is 0 Å². The van der Waals surface area contributed by atoms with Crippen molar-refractivity contribution in [3.8, 4) is 16.8 Å². The van der Waals surface area contributed by atoms with Crippen LogP contribution in [0.25, 0.3) is 16.8 Å². The van der Waals surface area contributed by atoms with E-state index >= 15 is 0 Å². The van der Waals surface area contributed by atoms with E-state index in [1.54, 1.807) is 0 Å². The van der Waals surface area contributed by atoms with Crippen LogP contribution in [0.5, 0.6) is 0 Å². The van der Waals surface area contributed by atoms with Gasteiger partial charge in [-0.2, -0.15) is 0 Å². The average molecular weight is 234 g/mol. The quantitative estimate of drug-likeness (QED) is 0.673. The van der Waals surface area contributed by atoms with Gasteiger partial charge in [0.15, 0.2) is 0 Å². The van der Waals surface area contributed by atoms with Crippen molar-refractivity contribution in [1.29, 1.82) is 0 Å². The molecular weight excluding hydrogens is 220 g/mol. The molecule has 0 fully saturated rings. The summed E-state index contributed by atoms with van der Waals surface area (Å²) < 4.78 is 2.08. The average Bonchev–Trinajstić information content (AvgIpc) is 2.94. The van der Waals surface area contributed by atoms with Gasteiger partial charge in [-0.3, -0.25) is 0 Å². The molecule has 0 saturated heterocycles. The lowest BCUT2D eigenvalue weighted by Crippen LogP contribution is -1.91. The van der Waals surface area contributed by atoms with E-state index in [0.29, 0.717) is 0 Å². The molecule has 2 nitrogen and oxygen atoms in total. The van der Waals surface area contributed by atoms with Crippen LogP contribution in [0, 0.1) is 0 Å². The molecule has 3 aromatic rings. The number of benzene rings is 2. The van der Waals surface area contributed by atoms with Crippen molar-refractivity contribution < 1.29 is 0 Å². The van der Waals surface area contributed by atoms with E-state index in [1.165, 1.54) is 0 Å². The summed E-state index contributed by atoms with van der Waals surface area (Å²) in [6.07, 6.45) is 4.07. The molecule has 88 valence electrons. The van der Waals surface area contributed by atoms with E-state index < -0.39 is 0 Å². The van der Waals surface area contributed by atoms with Gasteiger partial charge in [-0.25, -0.2) is 0 Å². The highest BCUT2D eigenvalue weighted by atomic mass is 14.9. The minimum absolute atomic E-state index is 0.811. The van der Waals surface area contributed by atoms with Crippen molar-refractivity contribution in [2.24, 2.45) is 0 Å². The lowest BCUT2D eigenvalue weighted by atomic mass is 10.0. The molecule has 0 radical (unpaired) electrons. The number of para-hydroxylation sites is 1. The number of rotatable bonds is 2. The van der Waals surface area contributed by atoms with Crippen molar-refractivity contribution in [2.75, 3.05) is 5.73 Å². The van der Waals surface area contributed by atoms with Crippen LogP contribution < -0.4 is 5.73 Å². The topological polar surface area (TPSA) is 30.9 Å². The molecule has 1 heterocycles. The number of nitrogens with zero attached hydrogens (tertiary/aromatic N) is 1. The molecule has 2 aromatic carbocycles. The smallest absolute Gasteiger partial charge is 0.0449 e. The van der Waals surface area contributed by atoms with E-state index in [9.17, 15) is 0 Å². The van der Waals surface area contributed by atoms with Gasteiger partial charge in [-0.15, -0.1) is 0 Å². The van der Waals surface area contributed by atoms with Gasteiger partial charge in [-0.1, -0.05) is 30.3 Å². The van der Waals surface area contributed by atoms with Crippen LogP contribution in [0.3, 0.4) is 0 Å². The Morgan fingerprint density at radius 1 is 0.722 bits per heavy atom. The van der Waals surface area contributed by atoms with E-state index in [-0.39, 0.29) is 0 Å². The molecule has 0 aliphatic heterocycles. The first-order chi connectivity index (χ1) is 8.84. The Labute approximate surface area is 106 Å². The number of nitrogens with two attached hydrogens (primary N) is 1. The summed E-state index contributed by atoms with van der Waals surface area (Å²) in [6, 6.07) is 20.4. The number of hydrogen-bond donors (Lipinski definition) is 1. The van der Waals surface area contributed by atoms with Crippen molar-refractivity contribution in [3.05, 3.63) is 73.1 Å². The van der Waals surface area contributed by atoms with Crippen molar-refractivity contribution in [3.63, 3.8) is 0 Å². The second-order valence-electron chi connectivity index (χ2n) is 4.22. The fraction of sp³-hybridized carbons (Fsp3) is 0. The molecule has 0 amide bonds. The van der Waals surface area contributed by atoms with Crippen LogP contribution in [0.1, 0.15) is 0 Å². The molecule has 1 aromatic heterocycles. The van der Waals surface area contributed by atoms with Crippen LogP contribution in [0.15, 0.2) is 73.1 Å². The Bertz CT molecular complexity index is 637. The number of aromatic nitrogens is 1. The normalized spacial score (nSPS) is 10.4. The van der Waals surface area contributed by atoms with Crippen molar-refractivity contribution in [2.45, 2.75) is 0 Å². The summed E-state index contributed by atoms with van der Waals surface area (Å²) >= 11 is 0. The fourth-order valence-electron chi connectivity index (χ4n) is 2.08. The molecular formula is C16H14N2. The van der Waals surface area contributed by atoms with Crippen molar-refractivity contribution >= 4 is 5.69 Å². The molecule has 0 bridgehead atoms. The maximum atomic E-state index is 5.98. The third-order valence-corrected chi connectivity index (χ3v) is 3.04. The fourth-order valence-corrected chi connectivity index (χ4v) is 2.08. The Morgan fingerprint density at radius 3 is 2.06 bits per heavy atom. The molecule has 0 spiro atoms. The third-order valence-electron chi connectivity index (χ3n) is 3.04. The summed E-state index contributed by atoms with van der Waals surface area (Å²) in [5.74, 6) is 0. The van der Waals surface area contributed by atoms with Gasteiger partial charge in [-0.05, 0) is 35.9 Å². The summed E-state index contributed by atoms with van der Waals surface area (Å²) in [5.41, 5.74) is 10.2. The lowest BCUT2D eigenvalue weighted by molar-refractivity contribution is 1.08. The van der Waals surface area contributed by atoms with E-state index in [2.05, 4.69) is 28.8 Å². The maximum Gasteiger partial charge on any atom is 0.0449 e. The van der Waals surface area contributed by atoms with Gasteiger partial charge in [0.2, 0.25) is 0 Å². The Kier molecular flexibility index (Phi) is 2.61. The Morgan fingerprint density at radius 2 is 1.39 bits per heavy atom. The first kappa shape index (κ1) is 10.7. The molecule has 3 rings (SSSR count). The minimum atomic E-state index is 0.811. The third kappa shape index (κ3) is 1.89. The Hall–Kier alpha value is -2.48. The van der Waals surface area contributed by atoms with Crippen LogP contribution in [-0.2, 0) is 0 Å². The predicted molar refractivity (Wildman–Crippen MR) is 75.6 cm³/mol. The van der Waals surface area contributed by atoms with Gasteiger partial charge in [0.25, 0.3) is 0 Å². The largest absolute Gasteiger partial charge is 0.398 e. The second kappa shape index (κ2) is 4.41. The lowest BCUT2D eigenvalue weighted by Gasteiger charge is -2.07. The number of anilines is 1. The zero-order chi connectivity index (χ0) is 12.4. The second-order valence-corrected chi connectivity index (χ2v) is 4.22. The summed E-state index contributed by atoms with van der Waals surface area (Å²) in [7, 11) is 0.